The molecule has 5 nitrogen and oxygen atoms in total. The summed E-state index contributed by atoms with van der Waals surface area (Å²) in [7, 11) is 0. The van der Waals surface area contributed by atoms with Gasteiger partial charge in [0.15, 0.2) is 5.96 Å². The maximum Gasteiger partial charge on any atom is 0.191 e. The summed E-state index contributed by atoms with van der Waals surface area (Å²) in [5, 5.41) is 17.2. The van der Waals surface area contributed by atoms with Gasteiger partial charge in [-0.1, -0.05) is 23.7 Å². The summed E-state index contributed by atoms with van der Waals surface area (Å²) in [5.74, 6) is 1.14. The predicted molar refractivity (Wildman–Crippen MR) is 108 cm³/mol. The smallest absolute Gasteiger partial charge is 0.191 e. The van der Waals surface area contributed by atoms with E-state index in [1.165, 1.54) is 6.26 Å². The van der Waals surface area contributed by atoms with Crippen molar-refractivity contribution in [2.75, 3.05) is 13.1 Å². The number of hydrogen-bond donors (Lipinski definition) is 3. The van der Waals surface area contributed by atoms with Crippen molar-refractivity contribution in [3.63, 3.8) is 0 Å². The summed E-state index contributed by atoms with van der Waals surface area (Å²) >= 11 is 6.03. The van der Waals surface area contributed by atoms with Crippen molar-refractivity contribution in [1.82, 2.24) is 10.6 Å². The maximum absolute atomic E-state index is 10.0. The summed E-state index contributed by atoms with van der Waals surface area (Å²) in [4.78, 5) is 4.41. The minimum Gasteiger partial charge on any atom is -0.467 e. The zero-order chi connectivity index (χ0) is 16.7. The third kappa shape index (κ3) is 6.33. The molecule has 0 aliphatic carbocycles. The fourth-order valence-electron chi connectivity index (χ4n) is 2.13. The Kier molecular flexibility index (Phi) is 9.17. The summed E-state index contributed by atoms with van der Waals surface area (Å²) in [5.41, 5.74) is 1.06. The van der Waals surface area contributed by atoms with Crippen LogP contribution in [0.5, 0.6) is 0 Å². The zero-order valence-corrected chi connectivity index (χ0v) is 16.8. The number of rotatable bonds is 6. The van der Waals surface area contributed by atoms with E-state index >= 15 is 0 Å². The first-order chi connectivity index (χ1) is 11.1. The topological polar surface area (TPSA) is 69.8 Å². The minimum atomic E-state index is -0.762. The van der Waals surface area contributed by atoms with Gasteiger partial charge in [0.1, 0.15) is 11.9 Å². The molecule has 132 valence electrons. The maximum atomic E-state index is 10.0. The third-order valence-corrected chi connectivity index (χ3v) is 3.58. The Morgan fingerprint density at radius 1 is 1.33 bits per heavy atom. The molecule has 0 saturated carbocycles. The number of aliphatic imine (C=N–C) groups is 1. The van der Waals surface area contributed by atoms with Gasteiger partial charge < -0.3 is 20.2 Å². The number of aliphatic hydroxyl groups is 1. The quantitative estimate of drug-likeness (QED) is 0.345. The molecule has 3 N–H and O–H groups in total. The highest BCUT2D eigenvalue weighted by atomic mass is 127. The van der Waals surface area contributed by atoms with Crippen molar-refractivity contribution in [3.8, 4) is 0 Å². The highest BCUT2D eigenvalue weighted by Crippen LogP contribution is 2.17. The van der Waals surface area contributed by atoms with Crippen molar-refractivity contribution in [2.45, 2.75) is 26.0 Å². The van der Waals surface area contributed by atoms with E-state index in [9.17, 15) is 5.11 Å². The van der Waals surface area contributed by atoms with Gasteiger partial charge in [-0.3, -0.25) is 4.99 Å². The van der Waals surface area contributed by atoms with E-state index < -0.39 is 6.10 Å². The zero-order valence-electron chi connectivity index (χ0n) is 13.7. The second-order valence-corrected chi connectivity index (χ2v) is 5.61. The van der Waals surface area contributed by atoms with Crippen LogP contribution in [0.3, 0.4) is 0 Å². The van der Waals surface area contributed by atoms with Crippen LogP contribution in [-0.4, -0.2) is 24.2 Å². The Hall–Kier alpha value is -1.25. The highest BCUT2D eigenvalue weighted by molar-refractivity contribution is 14.0. The number of hydrogen-bond acceptors (Lipinski definition) is 3. The summed E-state index contributed by atoms with van der Waals surface area (Å²) in [6.07, 6.45) is 0.773. The number of halogens is 2. The normalized spacial score (nSPS) is 13.8. The second kappa shape index (κ2) is 10.6. The van der Waals surface area contributed by atoms with Gasteiger partial charge in [0, 0.05) is 11.6 Å². The fraction of sp³-hybridized carbons (Fsp3) is 0.353. The monoisotopic (exact) mass is 463 g/mol. The second-order valence-electron chi connectivity index (χ2n) is 5.17. The van der Waals surface area contributed by atoms with Gasteiger partial charge in [-0.25, -0.2) is 0 Å². The lowest BCUT2D eigenvalue weighted by molar-refractivity contribution is 0.158. The highest BCUT2D eigenvalue weighted by Gasteiger charge is 2.12. The molecule has 1 aromatic carbocycles. The van der Waals surface area contributed by atoms with E-state index in [0.29, 0.717) is 16.7 Å². The standard InChI is InChI=1S/C17H22ClN3O2.HI/c1-3-19-17(20-11-15(22)16-8-5-9-23-16)21-12(2)13-6-4-7-14(18)10-13;/h4-10,12,15,22H,3,11H2,1-2H3,(H2,19,20,21);1H. The van der Waals surface area contributed by atoms with Crippen molar-refractivity contribution in [3.05, 3.63) is 59.0 Å². The van der Waals surface area contributed by atoms with Gasteiger partial charge in [0.2, 0.25) is 0 Å². The van der Waals surface area contributed by atoms with Crippen LogP contribution in [-0.2, 0) is 0 Å². The van der Waals surface area contributed by atoms with Gasteiger partial charge in [0.25, 0.3) is 0 Å². The lowest BCUT2D eigenvalue weighted by Crippen LogP contribution is -2.39. The first-order valence-electron chi connectivity index (χ1n) is 7.62. The molecule has 0 radical (unpaired) electrons. The molecular weight excluding hydrogens is 441 g/mol. The van der Waals surface area contributed by atoms with E-state index in [1.807, 2.05) is 38.1 Å². The van der Waals surface area contributed by atoms with Gasteiger partial charge in [-0.05, 0) is 43.7 Å². The molecule has 0 spiro atoms. The first-order valence-corrected chi connectivity index (χ1v) is 7.99. The van der Waals surface area contributed by atoms with Crippen LogP contribution in [0.25, 0.3) is 0 Å². The molecule has 2 atom stereocenters. The Labute approximate surface area is 164 Å². The Balaban J connectivity index is 0.00000288. The molecule has 0 bridgehead atoms. The molecule has 0 fully saturated rings. The number of nitrogens with one attached hydrogen (secondary N) is 2. The minimum absolute atomic E-state index is 0. The number of benzene rings is 1. The molecule has 2 rings (SSSR count). The van der Waals surface area contributed by atoms with Crippen molar-refractivity contribution in [2.24, 2.45) is 4.99 Å². The number of aliphatic hydroxyl groups excluding tert-OH is 1. The first kappa shape index (κ1) is 20.8. The molecule has 24 heavy (non-hydrogen) atoms. The lowest BCUT2D eigenvalue weighted by atomic mass is 10.1. The molecule has 0 saturated heterocycles. The van der Waals surface area contributed by atoms with Crippen molar-refractivity contribution in [1.29, 1.82) is 0 Å². The number of guanidine groups is 1. The largest absolute Gasteiger partial charge is 0.467 e. The van der Waals surface area contributed by atoms with E-state index in [1.54, 1.807) is 12.1 Å². The predicted octanol–water partition coefficient (Wildman–Crippen LogP) is 3.90. The van der Waals surface area contributed by atoms with Crippen LogP contribution >= 0.6 is 35.6 Å². The number of furan rings is 1. The van der Waals surface area contributed by atoms with E-state index in [2.05, 4.69) is 15.6 Å². The summed E-state index contributed by atoms with van der Waals surface area (Å²) in [6.45, 7) is 4.96. The third-order valence-electron chi connectivity index (χ3n) is 3.34. The van der Waals surface area contributed by atoms with Crippen LogP contribution in [0.4, 0.5) is 0 Å². The van der Waals surface area contributed by atoms with Crippen molar-refractivity contribution < 1.29 is 9.52 Å². The SMILES string of the molecule is CCNC(=NCC(O)c1ccco1)NC(C)c1cccc(Cl)c1.I. The van der Waals surface area contributed by atoms with E-state index in [0.717, 1.165) is 12.1 Å². The molecule has 0 aliphatic heterocycles. The molecular formula is C17H23ClIN3O2. The fourth-order valence-corrected chi connectivity index (χ4v) is 2.33. The Bertz CT molecular complexity index is 635. The lowest BCUT2D eigenvalue weighted by Gasteiger charge is -2.18. The average molecular weight is 464 g/mol. The molecule has 2 unspecified atom stereocenters. The van der Waals surface area contributed by atoms with Gasteiger partial charge in [-0.2, -0.15) is 0 Å². The van der Waals surface area contributed by atoms with Crippen molar-refractivity contribution >= 4 is 41.5 Å². The van der Waals surface area contributed by atoms with Gasteiger partial charge in [-0.15, -0.1) is 24.0 Å². The molecule has 1 aromatic heterocycles. The molecule has 0 aliphatic rings. The van der Waals surface area contributed by atoms with Crippen LogP contribution in [0.15, 0.2) is 52.1 Å². The van der Waals surface area contributed by atoms with E-state index in [-0.39, 0.29) is 36.6 Å². The Morgan fingerprint density at radius 3 is 2.75 bits per heavy atom. The summed E-state index contributed by atoms with van der Waals surface area (Å²) in [6, 6.07) is 11.2. The van der Waals surface area contributed by atoms with Gasteiger partial charge >= 0.3 is 0 Å². The summed E-state index contributed by atoms with van der Waals surface area (Å²) < 4.78 is 5.18. The van der Waals surface area contributed by atoms with Gasteiger partial charge in [0.05, 0.1) is 18.8 Å². The number of nitrogens with zero attached hydrogens (tertiary/aromatic N) is 1. The molecule has 7 heteroatoms. The van der Waals surface area contributed by atoms with Crippen LogP contribution < -0.4 is 10.6 Å². The molecule has 0 amide bonds. The molecule has 2 aromatic rings. The van der Waals surface area contributed by atoms with Crippen LogP contribution in [0, 0.1) is 0 Å². The average Bonchev–Trinajstić information content (AvgIpc) is 3.07. The Morgan fingerprint density at radius 2 is 2.12 bits per heavy atom. The molecule has 1 heterocycles. The van der Waals surface area contributed by atoms with Crippen LogP contribution in [0.2, 0.25) is 5.02 Å². The van der Waals surface area contributed by atoms with E-state index in [4.69, 9.17) is 16.0 Å². The van der Waals surface area contributed by atoms with Crippen LogP contribution in [0.1, 0.15) is 37.3 Å².